The van der Waals surface area contributed by atoms with Crippen LogP contribution in [0.5, 0.6) is 11.5 Å². The maximum absolute atomic E-state index is 10.9. The smallest absolute Gasteiger partial charge is 0.273 e. The molecule has 0 unspecified atom stereocenters. The lowest BCUT2D eigenvalue weighted by Gasteiger charge is -2.36. The highest BCUT2D eigenvalue weighted by Gasteiger charge is 2.20. The Balaban J connectivity index is 1.55. The molecule has 8 nitrogen and oxygen atoms in total. The summed E-state index contributed by atoms with van der Waals surface area (Å²) in [7, 11) is 3.15. The summed E-state index contributed by atoms with van der Waals surface area (Å²) in [4.78, 5) is 15.0. The number of rotatable bonds is 6. The summed E-state index contributed by atoms with van der Waals surface area (Å²) in [5.74, 6) is 1.25. The fraction of sp³-hybridized carbons (Fsp3) is 0.350. The van der Waals surface area contributed by atoms with Crippen LogP contribution in [0.15, 0.2) is 42.5 Å². The Morgan fingerprint density at radius 2 is 1.90 bits per heavy atom. The molecule has 0 aromatic heterocycles. The molecule has 3 rings (SSSR count). The summed E-state index contributed by atoms with van der Waals surface area (Å²) in [5, 5.41) is 14.7. The van der Waals surface area contributed by atoms with Gasteiger partial charge in [-0.05, 0) is 36.0 Å². The average Bonchev–Trinajstić information content (AvgIpc) is 2.74. The van der Waals surface area contributed by atoms with Crippen molar-refractivity contribution in [2.24, 2.45) is 0 Å². The number of ether oxygens (including phenoxy) is 2. The van der Waals surface area contributed by atoms with E-state index in [0.717, 1.165) is 38.5 Å². The van der Waals surface area contributed by atoms with Gasteiger partial charge in [0.25, 0.3) is 5.69 Å². The van der Waals surface area contributed by atoms with Gasteiger partial charge in [0, 0.05) is 38.8 Å². The number of nitrogens with one attached hydrogen (secondary N) is 1. The first kappa shape index (κ1) is 20.8. The molecule has 29 heavy (non-hydrogen) atoms. The highest BCUT2D eigenvalue weighted by molar-refractivity contribution is 7.80. The zero-order chi connectivity index (χ0) is 20.8. The summed E-state index contributed by atoms with van der Waals surface area (Å²) >= 11 is 5.54. The standard InChI is InChI=1S/C20H24N4O4S/c1-27-17-5-3-4-15(12-17)14-22-8-10-23(11-9-22)20(29)21-18-7-6-16(24(25)26)13-19(18)28-2/h3-7,12-13H,8-11,14H2,1-2H3,(H,21,29). The van der Waals surface area contributed by atoms with E-state index in [0.29, 0.717) is 16.5 Å². The van der Waals surface area contributed by atoms with Gasteiger partial charge in [0.2, 0.25) is 0 Å². The van der Waals surface area contributed by atoms with Crippen LogP contribution in [0.2, 0.25) is 0 Å². The molecular weight excluding hydrogens is 392 g/mol. The molecule has 2 aromatic carbocycles. The number of hydrogen-bond donors (Lipinski definition) is 1. The molecule has 1 aliphatic heterocycles. The van der Waals surface area contributed by atoms with E-state index in [1.54, 1.807) is 13.2 Å². The minimum atomic E-state index is -0.452. The monoisotopic (exact) mass is 416 g/mol. The maximum Gasteiger partial charge on any atom is 0.273 e. The number of piperazine rings is 1. The second kappa shape index (κ2) is 9.53. The quantitative estimate of drug-likeness (QED) is 0.437. The number of nitro benzene ring substituents is 1. The lowest BCUT2D eigenvalue weighted by molar-refractivity contribution is -0.384. The van der Waals surface area contributed by atoms with Crippen LogP contribution in [-0.2, 0) is 6.54 Å². The van der Waals surface area contributed by atoms with Crippen molar-refractivity contribution in [3.63, 3.8) is 0 Å². The number of hydrogen-bond acceptors (Lipinski definition) is 6. The Hall–Kier alpha value is -2.91. The molecule has 9 heteroatoms. The Morgan fingerprint density at radius 1 is 1.14 bits per heavy atom. The first-order chi connectivity index (χ1) is 14.0. The van der Waals surface area contributed by atoms with Crippen molar-refractivity contribution in [2.75, 3.05) is 45.7 Å². The lowest BCUT2D eigenvalue weighted by Crippen LogP contribution is -2.49. The van der Waals surface area contributed by atoms with E-state index in [2.05, 4.69) is 27.2 Å². The zero-order valence-electron chi connectivity index (χ0n) is 16.5. The molecule has 0 bridgehead atoms. The van der Waals surface area contributed by atoms with Gasteiger partial charge in [-0.2, -0.15) is 0 Å². The SMILES string of the molecule is COc1cccc(CN2CCN(C(=S)Nc3ccc([N+](=O)[O-])cc3OC)CC2)c1. The van der Waals surface area contributed by atoms with Crippen molar-refractivity contribution >= 4 is 28.7 Å². The molecule has 0 atom stereocenters. The molecule has 0 radical (unpaired) electrons. The Bertz CT molecular complexity index is 885. The molecule has 1 fully saturated rings. The second-order valence-corrected chi connectivity index (χ2v) is 7.07. The first-order valence-electron chi connectivity index (χ1n) is 9.24. The highest BCUT2D eigenvalue weighted by Crippen LogP contribution is 2.29. The van der Waals surface area contributed by atoms with Crippen LogP contribution in [0, 0.1) is 10.1 Å². The molecule has 0 saturated carbocycles. The highest BCUT2D eigenvalue weighted by atomic mass is 32.1. The minimum absolute atomic E-state index is 0.0236. The number of non-ortho nitro benzene ring substituents is 1. The minimum Gasteiger partial charge on any atom is -0.497 e. The third-order valence-corrected chi connectivity index (χ3v) is 5.20. The Kier molecular flexibility index (Phi) is 6.84. The number of thiocarbonyl (C=S) groups is 1. The van der Waals surface area contributed by atoms with Crippen molar-refractivity contribution in [1.82, 2.24) is 9.80 Å². The number of nitrogens with zero attached hydrogens (tertiary/aromatic N) is 3. The number of benzene rings is 2. The van der Waals surface area contributed by atoms with Crippen molar-refractivity contribution in [3.8, 4) is 11.5 Å². The van der Waals surface area contributed by atoms with Crippen LogP contribution < -0.4 is 14.8 Å². The van der Waals surface area contributed by atoms with Gasteiger partial charge in [0.1, 0.15) is 11.5 Å². The lowest BCUT2D eigenvalue weighted by atomic mass is 10.2. The molecule has 0 aliphatic carbocycles. The van der Waals surface area contributed by atoms with E-state index in [1.807, 2.05) is 12.1 Å². The predicted octanol–water partition coefficient (Wildman–Crippen LogP) is 3.13. The van der Waals surface area contributed by atoms with Crippen molar-refractivity contribution in [2.45, 2.75) is 6.54 Å². The molecule has 0 spiro atoms. The van der Waals surface area contributed by atoms with Gasteiger partial charge < -0.3 is 19.7 Å². The molecule has 154 valence electrons. The predicted molar refractivity (Wildman–Crippen MR) is 116 cm³/mol. The van der Waals surface area contributed by atoms with Gasteiger partial charge in [-0.15, -0.1) is 0 Å². The van der Waals surface area contributed by atoms with E-state index in [4.69, 9.17) is 21.7 Å². The molecule has 1 aliphatic rings. The van der Waals surface area contributed by atoms with Crippen molar-refractivity contribution in [3.05, 3.63) is 58.1 Å². The molecule has 1 heterocycles. The summed E-state index contributed by atoms with van der Waals surface area (Å²) in [6.45, 7) is 4.23. The summed E-state index contributed by atoms with van der Waals surface area (Å²) < 4.78 is 10.6. The molecule has 0 amide bonds. The second-order valence-electron chi connectivity index (χ2n) is 6.69. The summed E-state index contributed by atoms with van der Waals surface area (Å²) in [6, 6.07) is 12.5. The summed E-state index contributed by atoms with van der Waals surface area (Å²) in [5.41, 5.74) is 1.81. The van der Waals surface area contributed by atoms with Gasteiger partial charge in [0.05, 0.1) is 30.9 Å². The van der Waals surface area contributed by atoms with Crippen LogP contribution in [0.25, 0.3) is 0 Å². The van der Waals surface area contributed by atoms with Crippen LogP contribution in [0.4, 0.5) is 11.4 Å². The fourth-order valence-corrected chi connectivity index (χ4v) is 3.52. The van der Waals surface area contributed by atoms with Crippen LogP contribution in [0.3, 0.4) is 0 Å². The zero-order valence-corrected chi connectivity index (χ0v) is 17.3. The molecule has 1 N–H and O–H groups in total. The van der Waals surface area contributed by atoms with Crippen molar-refractivity contribution in [1.29, 1.82) is 0 Å². The van der Waals surface area contributed by atoms with E-state index in [9.17, 15) is 10.1 Å². The largest absolute Gasteiger partial charge is 0.497 e. The van der Waals surface area contributed by atoms with E-state index in [-0.39, 0.29) is 5.69 Å². The maximum atomic E-state index is 10.9. The Morgan fingerprint density at radius 3 is 2.55 bits per heavy atom. The third-order valence-electron chi connectivity index (χ3n) is 4.84. The topological polar surface area (TPSA) is 80.1 Å². The molecule has 1 saturated heterocycles. The van der Waals surface area contributed by atoms with Crippen LogP contribution >= 0.6 is 12.2 Å². The van der Waals surface area contributed by atoms with E-state index >= 15 is 0 Å². The van der Waals surface area contributed by atoms with Crippen LogP contribution in [-0.4, -0.2) is 60.2 Å². The molecule has 2 aromatic rings. The van der Waals surface area contributed by atoms with Gasteiger partial charge in [-0.3, -0.25) is 15.0 Å². The van der Waals surface area contributed by atoms with Gasteiger partial charge in [0.15, 0.2) is 5.11 Å². The van der Waals surface area contributed by atoms with Gasteiger partial charge >= 0.3 is 0 Å². The summed E-state index contributed by atoms with van der Waals surface area (Å²) in [6.07, 6.45) is 0. The third kappa shape index (κ3) is 5.33. The van der Waals surface area contributed by atoms with Gasteiger partial charge in [-0.1, -0.05) is 12.1 Å². The van der Waals surface area contributed by atoms with Crippen LogP contribution in [0.1, 0.15) is 5.56 Å². The first-order valence-corrected chi connectivity index (χ1v) is 9.64. The molecular formula is C20H24N4O4S. The number of nitro groups is 1. The van der Waals surface area contributed by atoms with Crippen molar-refractivity contribution < 1.29 is 14.4 Å². The normalized spacial score (nSPS) is 14.3. The van der Waals surface area contributed by atoms with Gasteiger partial charge in [-0.25, -0.2) is 0 Å². The van der Waals surface area contributed by atoms with E-state index < -0.39 is 4.92 Å². The number of anilines is 1. The fourth-order valence-electron chi connectivity index (χ4n) is 3.23. The Labute approximate surface area is 175 Å². The average molecular weight is 417 g/mol. The van der Waals surface area contributed by atoms with E-state index in [1.165, 1.54) is 24.8 Å². The number of methoxy groups -OCH3 is 2.